The van der Waals surface area contributed by atoms with Crippen LogP contribution in [0.5, 0.6) is 0 Å². The van der Waals surface area contributed by atoms with Gasteiger partial charge < -0.3 is 5.32 Å². The standard InChI is InChI=1S/C11H14ClNOS/c1-3-6-15-10-5-4-8(12)7-9(10)11(14)13-2/h4-5,7H,3,6H2,1-2H3,(H,13,14). The maximum atomic E-state index is 11.6. The summed E-state index contributed by atoms with van der Waals surface area (Å²) in [5.74, 6) is 0.919. The van der Waals surface area contributed by atoms with Crippen molar-refractivity contribution in [1.82, 2.24) is 5.32 Å². The van der Waals surface area contributed by atoms with E-state index < -0.39 is 0 Å². The molecular weight excluding hydrogens is 230 g/mol. The van der Waals surface area contributed by atoms with Gasteiger partial charge in [-0.1, -0.05) is 18.5 Å². The van der Waals surface area contributed by atoms with Crippen LogP contribution in [0.15, 0.2) is 23.1 Å². The predicted molar refractivity (Wildman–Crippen MR) is 65.9 cm³/mol. The maximum absolute atomic E-state index is 11.6. The second-order valence-electron chi connectivity index (χ2n) is 3.07. The molecule has 1 aromatic carbocycles. The van der Waals surface area contributed by atoms with E-state index in [4.69, 9.17) is 11.6 Å². The summed E-state index contributed by atoms with van der Waals surface area (Å²) < 4.78 is 0. The lowest BCUT2D eigenvalue weighted by molar-refractivity contribution is 0.0960. The van der Waals surface area contributed by atoms with E-state index in [0.717, 1.165) is 17.1 Å². The first kappa shape index (κ1) is 12.4. The highest BCUT2D eigenvalue weighted by atomic mass is 35.5. The average molecular weight is 244 g/mol. The molecule has 1 rings (SSSR count). The lowest BCUT2D eigenvalue weighted by Gasteiger charge is -2.07. The highest BCUT2D eigenvalue weighted by Crippen LogP contribution is 2.26. The predicted octanol–water partition coefficient (Wildman–Crippen LogP) is 3.20. The van der Waals surface area contributed by atoms with Crippen LogP contribution in [-0.4, -0.2) is 18.7 Å². The van der Waals surface area contributed by atoms with Gasteiger partial charge >= 0.3 is 0 Å². The van der Waals surface area contributed by atoms with E-state index in [2.05, 4.69) is 12.2 Å². The molecule has 0 unspecified atom stereocenters. The average Bonchev–Trinajstić information content (AvgIpc) is 2.26. The first-order valence-corrected chi connectivity index (χ1v) is 6.19. The molecule has 0 aliphatic heterocycles. The van der Waals surface area contributed by atoms with Crippen LogP contribution in [0.3, 0.4) is 0 Å². The van der Waals surface area contributed by atoms with Crippen molar-refractivity contribution in [2.24, 2.45) is 0 Å². The Kier molecular flexibility index (Phi) is 4.99. The van der Waals surface area contributed by atoms with E-state index >= 15 is 0 Å². The molecule has 2 nitrogen and oxygen atoms in total. The van der Waals surface area contributed by atoms with Gasteiger partial charge in [0.1, 0.15) is 0 Å². The largest absolute Gasteiger partial charge is 0.355 e. The van der Waals surface area contributed by atoms with Crippen LogP contribution in [0.2, 0.25) is 5.02 Å². The van der Waals surface area contributed by atoms with E-state index in [9.17, 15) is 4.79 Å². The number of carbonyl (C=O) groups is 1. The van der Waals surface area contributed by atoms with Crippen molar-refractivity contribution < 1.29 is 4.79 Å². The van der Waals surface area contributed by atoms with Crippen molar-refractivity contribution in [2.45, 2.75) is 18.2 Å². The van der Waals surface area contributed by atoms with Crippen LogP contribution in [0.4, 0.5) is 0 Å². The number of nitrogens with one attached hydrogen (secondary N) is 1. The van der Waals surface area contributed by atoms with Crippen molar-refractivity contribution in [3.63, 3.8) is 0 Å². The first-order valence-electron chi connectivity index (χ1n) is 4.83. The van der Waals surface area contributed by atoms with Crippen molar-refractivity contribution in [3.8, 4) is 0 Å². The molecule has 0 aliphatic carbocycles. The third kappa shape index (κ3) is 3.43. The molecule has 0 aromatic heterocycles. The summed E-state index contributed by atoms with van der Waals surface area (Å²) in [5, 5.41) is 3.21. The van der Waals surface area contributed by atoms with Crippen molar-refractivity contribution in [2.75, 3.05) is 12.8 Å². The minimum atomic E-state index is -0.0869. The van der Waals surface area contributed by atoms with Gasteiger partial charge in [0, 0.05) is 17.0 Å². The summed E-state index contributed by atoms with van der Waals surface area (Å²) in [6, 6.07) is 5.41. The molecule has 0 atom stereocenters. The molecule has 0 saturated carbocycles. The van der Waals surface area contributed by atoms with Gasteiger partial charge in [0.05, 0.1) is 5.56 Å². The number of hydrogen-bond acceptors (Lipinski definition) is 2. The van der Waals surface area contributed by atoms with Crippen molar-refractivity contribution in [3.05, 3.63) is 28.8 Å². The van der Waals surface area contributed by atoms with Gasteiger partial charge in [-0.3, -0.25) is 4.79 Å². The van der Waals surface area contributed by atoms with Crippen LogP contribution in [0.25, 0.3) is 0 Å². The molecule has 0 aliphatic rings. The Morgan fingerprint density at radius 3 is 2.87 bits per heavy atom. The van der Waals surface area contributed by atoms with Crippen LogP contribution < -0.4 is 5.32 Å². The molecule has 4 heteroatoms. The van der Waals surface area contributed by atoms with E-state index in [-0.39, 0.29) is 5.91 Å². The van der Waals surface area contributed by atoms with Gasteiger partial charge in [0.2, 0.25) is 0 Å². The fourth-order valence-electron chi connectivity index (χ4n) is 1.15. The minimum Gasteiger partial charge on any atom is -0.355 e. The van der Waals surface area contributed by atoms with Crippen LogP contribution in [0, 0.1) is 0 Å². The Labute approximate surface area is 99.4 Å². The van der Waals surface area contributed by atoms with Crippen molar-refractivity contribution >= 4 is 29.3 Å². The van der Waals surface area contributed by atoms with Gasteiger partial charge in [-0.05, 0) is 30.4 Å². The smallest absolute Gasteiger partial charge is 0.252 e. The molecule has 1 N–H and O–H groups in total. The fourth-order valence-corrected chi connectivity index (χ4v) is 2.22. The Morgan fingerprint density at radius 1 is 1.53 bits per heavy atom. The molecule has 0 bridgehead atoms. The van der Waals surface area contributed by atoms with Gasteiger partial charge in [0.15, 0.2) is 0 Å². The zero-order valence-electron chi connectivity index (χ0n) is 8.84. The second-order valence-corrected chi connectivity index (χ2v) is 4.64. The monoisotopic (exact) mass is 243 g/mol. The molecule has 0 radical (unpaired) electrons. The summed E-state index contributed by atoms with van der Waals surface area (Å²) >= 11 is 7.54. The summed E-state index contributed by atoms with van der Waals surface area (Å²) in [6.45, 7) is 2.11. The number of rotatable bonds is 4. The fraction of sp³-hybridized carbons (Fsp3) is 0.364. The summed E-state index contributed by atoms with van der Waals surface area (Å²) in [4.78, 5) is 12.6. The Morgan fingerprint density at radius 2 is 2.27 bits per heavy atom. The van der Waals surface area contributed by atoms with E-state index in [0.29, 0.717) is 10.6 Å². The third-order valence-corrected chi connectivity index (χ3v) is 3.39. The topological polar surface area (TPSA) is 29.1 Å². The van der Waals surface area contributed by atoms with Gasteiger partial charge in [-0.25, -0.2) is 0 Å². The number of benzene rings is 1. The molecule has 0 saturated heterocycles. The minimum absolute atomic E-state index is 0.0869. The third-order valence-electron chi connectivity index (χ3n) is 1.87. The zero-order valence-corrected chi connectivity index (χ0v) is 10.4. The molecular formula is C11H14ClNOS. The van der Waals surface area contributed by atoms with Gasteiger partial charge in [-0.2, -0.15) is 0 Å². The quantitative estimate of drug-likeness (QED) is 0.823. The molecule has 1 amide bonds. The molecule has 15 heavy (non-hydrogen) atoms. The number of thioether (sulfide) groups is 1. The molecule has 0 heterocycles. The maximum Gasteiger partial charge on any atom is 0.252 e. The lowest BCUT2D eigenvalue weighted by Crippen LogP contribution is -2.18. The van der Waals surface area contributed by atoms with E-state index in [1.165, 1.54) is 0 Å². The van der Waals surface area contributed by atoms with Gasteiger partial charge in [0.25, 0.3) is 5.91 Å². The summed E-state index contributed by atoms with van der Waals surface area (Å²) in [5.41, 5.74) is 0.656. The molecule has 1 aromatic rings. The van der Waals surface area contributed by atoms with E-state index in [1.807, 2.05) is 12.1 Å². The highest BCUT2D eigenvalue weighted by molar-refractivity contribution is 7.99. The number of hydrogen-bond donors (Lipinski definition) is 1. The summed E-state index contributed by atoms with van der Waals surface area (Å²) in [6.07, 6.45) is 1.08. The Hall–Kier alpha value is -0.670. The van der Waals surface area contributed by atoms with Gasteiger partial charge in [-0.15, -0.1) is 11.8 Å². The normalized spacial score (nSPS) is 10.1. The Bertz CT molecular complexity index is 354. The lowest BCUT2D eigenvalue weighted by atomic mass is 10.2. The second kappa shape index (κ2) is 6.03. The number of carbonyl (C=O) groups excluding carboxylic acids is 1. The number of amides is 1. The molecule has 82 valence electrons. The Balaban J connectivity index is 2.97. The first-order chi connectivity index (χ1) is 7.19. The van der Waals surface area contributed by atoms with Crippen LogP contribution >= 0.6 is 23.4 Å². The van der Waals surface area contributed by atoms with Crippen molar-refractivity contribution in [1.29, 1.82) is 0 Å². The molecule has 0 fully saturated rings. The number of halogens is 1. The van der Waals surface area contributed by atoms with Crippen LogP contribution in [0.1, 0.15) is 23.7 Å². The SMILES string of the molecule is CCCSc1ccc(Cl)cc1C(=O)NC. The zero-order chi connectivity index (χ0) is 11.3. The molecule has 0 spiro atoms. The highest BCUT2D eigenvalue weighted by Gasteiger charge is 2.10. The van der Waals surface area contributed by atoms with E-state index in [1.54, 1.807) is 24.9 Å². The summed E-state index contributed by atoms with van der Waals surface area (Å²) in [7, 11) is 1.62. The van der Waals surface area contributed by atoms with Crippen LogP contribution in [-0.2, 0) is 0 Å².